The van der Waals surface area contributed by atoms with E-state index < -0.39 is 0 Å². The number of halogens is 1. The number of hydrogen-bond donors (Lipinski definition) is 2. The first kappa shape index (κ1) is 21.8. The van der Waals surface area contributed by atoms with Crippen LogP contribution in [0.4, 0.5) is 5.69 Å². The first-order chi connectivity index (χ1) is 15.5. The maximum absolute atomic E-state index is 12.4. The van der Waals surface area contributed by atoms with Crippen LogP contribution < -0.4 is 10.9 Å². The maximum Gasteiger partial charge on any atom is 0.277 e. The van der Waals surface area contributed by atoms with Crippen LogP contribution >= 0.6 is 23.4 Å². The van der Waals surface area contributed by atoms with Crippen LogP contribution in [0.5, 0.6) is 0 Å². The van der Waals surface area contributed by atoms with Gasteiger partial charge in [-0.2, -0.15) is 0 Å². The molecule has 2 heterocycles. The first-order valence-electron chi connectivity index (χ1n) is 9.73. The van der Waals surface area contributed by atoms with Gasteiger partial charge in [0.2, 0.25) is 11.8 Å². The van der Waals surface area contributed by atoms with E-state index in [1.165, 1.54) is 6.07 Å². The summed E-state index contributed by atoms with van der Waals surface area (Å²) < 4.78 is 5.60. The lowest BCUT2D eigenvalue weighted by atomic mass is 10.2. The van der Waals surface area contributed by atoms with E-state index in [4.69, 9.17) is 16.0 Å². The molecule has 0 atom stereocenters. The van der Waals surface area contributed by atoms with E-state index in [0.717, 1.165) is 17.3 Å². The number of rotatable bonds is 7. The molecule has 2 N–H and O–H groups in total. The second-order valence-electron chi connectivity index (χ2n) is 6.74. The van der Waals surface area contributed by atoms with Gasteiger partial charge in [0.15, 0.2) is 0 Å². The highest BCUT2D eigenvalue weighted by molar-refractivity contribution is 7.99. The molecule has 10 heteroatoms. The van der Waals surface area contributed by atoms with Crippen molar-refractivity contribution in [2.45, 2.75) is 18.6 Å². The Bertz CT molecular complexity index is 1300. The van der Waals surface area contributed by atoms with Gasteiger partial charge in [-0.05, 0) is 42.8 Å². The van der Waals surface area contributed by atoms with Crippen molar-refractivity contribution in [2.75, 3.05) is 11.1 Å². The number of aromatic amines is 1. The van der Waals surface area contributed by atoms with E-state index in [1.807, 2.05) is 13.0 Å². The van der Waals surface area contributed by atoms with Gasteiger partial charge < -0.3 is 14.7 Å². The van der Waals surface area contributed by atoms with Gasteiger partial charge in [-0.3, -0.25) is 9.59 Å². The molecule has 0 radical (unpaired) electrons. The van der Waals surface area contributed by atoms with E-state index in [-0.39, 0.29) is 22.4 Å². The summed E-state index contributed by atoms with van der Waals surface area (Å²) in [6.07, 6.45) is 0.653. The summed E-state index contributed by atoms with van der Waals surface area (Å²) in [5.41, 5.74) is 2.52. The summed E-state index contributed by atoms with van der Waals surface area (Å²) in [5, 5.41) is 11.7. The molecule has 0 fully saturated rings. The first-order valence-corrected chi connectivity index (χ1v) is 11.1. The van der Waals surface area contributed by atoms with Crippen molar-refractivity contribution in [1.82, 2.24) is 20.2 Å². The summed E-state index contributed by atoms with van der Waals surface area (Å²) in [6, 6.07) is 15.6. The number of H-pyrrole nitrogens is 1. The van der Waals surface area contributed by atoms with Gasteiger partial charge in [0, 0.05) is 33.6 Å². The normalized spacial score (nSPS) is 10.8. The topological polar surface area (TPSA) is 114 Å². The number of aromatic nitrogens is 4. The van der Waals surface area contributed by atoms with Crippen LogP contribution in [0.15, 0.2) is 69.0 Å². The third-order valence-electron chi connectivity index (χ3n) is 4.40. The minimum absolute atomic E-state index is 0.0902. The number of hydrogen-bond acceptors (Lipinski definition) is 7. The molecular weight excluding hydrogens is 450 g/mol. The van der Waals surface area contributed by atoms with E-state index in [9.17, 15) is 9.59 Å². The Morgan fingerprint density at radius 3 is 2.72 bits per heavy atom. The Morgan fingerprint density at radius 1 is 1.12 bits per heavy atom. The molecule has 0 aliphatic carbocycles. The van der Waals surface area contributed by atoms with Gasteiger partial charge in [-0.15, -0.1) is 10.2 Å². The van der Waals surface area contributed by atoms with Gasteiger partial charge in [0.25, 0.3) is 10.8 Å². The fraction of sp³-hybridized carbons (Fsp3) is 0.136. The zero-order chi connectivity index (χ0) is 22.5. The minimum Gasteiger partial charge on any atom is -0.411 e. The van der Waals surface area contributed by atoms with Crippen LogP contribution in [0.2, 0.25) is 5.02 Å². The number of thioether (sulfide) groups is 1. The average molecular weight is 468 g/mol. The lowest BCUT2D eigenvalue weighted by Gasteiger charge is -2.07. The van der Waals surface area contributed by atoms with Crippen LogP contribution in [-0.4, -0.2) is 31.8 Å². The van der Waals surface area contributed by atoms with Crippen molar-refractivity contribution in [3.63, 3.8) is 0 Å². The van der Waals surface area contributed by atoms with Crippen molar-refractivity contribution >= 4 is 35.0 Å². The number of carbonyl (C=O) groups is 1. The lowest BCUT2D eigenvalue weighted by Crippen LogP contribution is -2.14. The molecule has 32 heavy (non-hydrogen) atoms. The van der Waals surface area contributed by atoms with Crippen LogP contribution in [-0.2, 0) is 11.2 Å². The highest BCUT2D eigenvalue weighted by atomic mass is 35.5. The van der Waals surface area contributed by atoms with Gasteiger partial charge in [-0.1, -0.05) is 42.4 Å². The smallest absolute Gasteiger partial charge is 0.277 e. The predicted molar refractivity (Wildman–Crippen MR) is 124 cm³/mol. The molecule has 2 aromatic carbocycles. The Balaban J connectivity index is 1.39. The molecule has 1 amide bonds. The van der Waals surface area contributed by atoms with Crippen molar-refractivity contribution in [2.24, 2.45) is 0 Å². The molecule has 4 aromatic rings. The van der Waals surface area contributed by atoms with E-state index in [2.05, 4.69) is 25.5 Å². The van der Waals surface area contributed by atoms with Crippen LogP contribution in [0.3, 0.4) is 0 Å². The summed E-state index contributed by atoms with van der Waals surface area (Å²) in [7, 11) is 0. The standard InChI is InChI=1S/C22H18ClN5O3S/c1-2-16-11-18(29)26-20(25-16)14-4-3-5-17(10-14)24-19(30)12-32-22-28-27-21(31-22)13-6-8-15(23)9-7-13/h3-11H,2,12H2,1H3,(H,24,30)(H,25,26,29). The Kier molecular flexibility index (Phi) is 6.67. The second kappa shape index (κ2) is 9.80. The zero-order valence-corrected chi connectivity index (χ0v) is 18.5. The number of anilines is 1. The van der Waals surface area contributed by atoms with E-state index >= 15 is 0 Å². The highest BCUT2D eigenvalue weighted by Crippen LogP contribution is 2.25. The van der Waals surface area contributed by atoms with Crippen LogP contribution in [0, 0.1) is 0 Å². The molecule has 0 bridgehead atoms. The number of amides is 1. The van der Waals surface area contributed by atoms with Crippen LogP contribution in [0.25, 0.3) is 22.8 Å². The molecule has 162 valence electrons. The number of carbonyl (C=O) groups excluding carboxylic acids is 1. The van der Waals surface area contributed by atoms with Crippen molar-refractivity contribution in [3.8, 4) is 22.8 Å². The summed E-state index contributed by atoms with van der Waals surface area (Å²) in [6.45, 7) is 1.93. The molecule has 8 nitrogen and oxygen atoms in total. The fourth-order valence-corrected chi connectivity index (χ4v) is 3.56. The monoisotopic (exact) mass is 467 g/mol. The van der Waals surface area contributed by atoms with E-state index in [0.29, 0.717) is 40.1 Å². The number of benzene rings is 2. The van der Waals surface area contributed by atoms with E-state index in [1.54, 1.807) is 42.5 Å². The SMILES string of the molecule is CCc1cc(=O)[nH]c(-c2cccc(NC(=O)CSc3nnc(-c4ccc(Cl)cc4)o3)c2)n1. The van der Waals surface area contributed by atoms with Gasteiger partial charge >= 0.3 is 0 Å². The van der Waals surface area contributed by atoms with Gasteiger partial charge in [0.05, 0.1) is 5.75 Å². The summed E-state index contributed by atoms with van der Waals surface area (Å²) in [5.74, 6) is 0.669. The second-order valence-corrected chi connectivity index (χ2v) is 8.10. The molecule has 4 rings (SSSR count). The average Bonchev–Trinajstić information content (AvgIpc) is 3.27. The van der Waals surface area contributed by atoms with Gasteiger partial charge in [0.1, 0.15) is 5.82 Å². The number of nitrogens with zero attached hydrogens (tertiary/aromatic N) is 3. The Morgan fingerprint density at radius 2 is 1.94 bits per heavy atom. The predicted octanol–water partition coefficient (Wildman–Crippen LogP) is 4.43. The number of nitrogens with one attached hydrogen (secondary N) is 2. The fourth-order valence-electron chi connectivity index (χ4n) is 2.87. The molecule has 0 aliphatic heterocycles. The van der Waals surface area contributed by atoms with Crippen molar-refractivity contribution in [3.05, 3.63) is 75.7 Å². The molecule has 0 aliphatic rings. The minimum atomic E-state index is -0.234. The lowest BCUT2D eigenvalue weighted by molar-refractivity contribution is -0.113. The molecule has 2 aromatic heterocycles. The Hall–Kier alpha value is -3.43. The van der Waals surface area contributed by atoms with Gasteiger partial charge in [-0.25, -0.2) is 4.98 Å². The summed E-state index contributed by atoms with van der Waals surface area (Å²) in [4.78, 5) is 31.4. The zero-order valence-electron chi connectivity index (χ0n) is 17.0. The maximum atomic E-state index is 12.4. The number of aryl methyl sites for hydroxylation is 1. The Labute approximate surface area is 192 Å². The summed E-state index contributed by atoms with van der Waals surface area (Å²) >= 11 is 7.02. The van der Waals surface area contributed by atoms with Crippen molar-refractivity contribution in [1.29, 1.82) is 0 Å². The quantitative estimate of drug-likeness (QED) is 0.386. The molecule has 0 saturated carbocycles. The largest absolute Gasteiger partial charge is 0.411 e. The molecular formula is C22H18ClN5O3S. The van der Waals surface area contributed by atoms with Crippen molar-refractivity contribution < 1.29 is 9.21 Å². The third kappa shape index (κ3) is 5.43. The molecule has 0 saturated heterocycles. The highest BCUT2D eigenvalue weighted by Gasteiger charge is 2.12. The molecule has 0 spiro atoms. The molecule has 0 unspecified atom stereocenters. The van der Waals surface area contributed by atoms with Crippen LogP contribution in [0.1, 0.15) is 12.6 Å². The third-order valence-corrected chi connectivity index (χ3v) is 5.47.